The van der Waals surface area contributed by atoms with Crippen molar-refractivity contribution in [3.63, 3.8) is 0 Å². The van der Waals surface area contributed by atoms with Crippen LogP contribution in [0.15, 0.2) is 120 Å². The summed E-state index contributed by atoms with van der Waals surface area (Å²) in [6, 6.07) is 10.7. The lowest BCUT2D eigenvalue weighted by atomic mass is 9.79. The Kier molecular flexibility index (Phi) is 6.50. The number of nitrogens with zero attached hydrogens (tertiary/aromatic N) is 2. The third-order valence-electron chi connectivity index (χ3n) is 11.3. The van der Waals surface area contributed by atoms with Crippen molar-refractivity contribution in [3.8, 4) is 0 Å². The van der Waals surface area contributed by atoms with Gasteiger partial charge in [-0.25, -0.2) is 0 Å². The summed E-state index contributed by atoms with van der Waals surface area (Å²) >= 11 is 0. The number of allylic oxidation sites excluding steroid dienone is 13. The fourth-order valence-corrected chi connectivity index (χ4v) is 9.22. The fraction of sp³-hybridized carbons (Fsp3) is 0.333. The lowest BCUT2D eigenvalue weighted by molar-refractivity contribution is 0.466. The maximum atomic E-state index is 2.79. The zero-order chi connectivity index (χ0) is 29.0. The van der Waals surface area contributed by atoms with Gasteiger partial charge in [-0.3, -0.25) is 0 Å². The Morgan fingerprint density at radius 1 is 0.705 bits per heavy atom. The Balaban J connectivity index is 1.14. The highest BCUT2D eigenvalue weighted by Gasteiger charge is 2.51. The van der Waals surface area contributed by atoms with Crippen molar-refractivity contribution in [3.05, 3.63) is 149 Å². The van der Waals surface area contributed by atoms with E-state index in [1.807, 2.05) is 0 Å². The predicted octanol–water partition coefficient (Wildman–Crippen LogP) is 10.3. The summed E-state index contributed by atoms with van der Waals surface area (Å²) in [5.74, 6) is 1.59. The molecule has 7 aliphatic rings. The Morgan fingerprint density at radius 2 is 1.61 bits per heavy atom. The Morgan fingerprint density at radius 3 is 2.43 bits per heavy atom. The summed E-state index contributed by atoms with van der Waals surface area (Å²) < 4.78 is 2.76. The van der Waals surface area contributed by atoms with Crippen LogP contribution in [0.2, 0.25) is 0 Å². The molecule has 6 aliphatic carbocycles. The molecule has 0 amide bonds. The van der Waals surface area contributed by atoms with E-state index in [4.69, 9.17) is 0 Å². The average molecular weight is 575 g/mol. The molecule has 0 bridgehead atoms. The van der Waals surface area contributed by atoms with Crippen molar-refractivity contribution in [1.29, 1.82) is 0 Å². The topological polar surface area (TPSA) is 8.17 Å². The van der Waals surface area contributed by atoms with Crippen molar-refractivity contribution in [1.82, 2.24) is 4.57 Å². The van der Waals surface area contributed by atoms with E-state index in [-0.39, 0.29) is 0 Å². The van der Waals surface area contributed by atoms with Crippen LogP contribution in [-0.2, 0) is 6.42 Å². The quantitative estimate of drug-likeness (QED) is 0.330. The number of aromatic nitrogens is 1. The normalized spacial score (nSPS) is 31.0. The van der Waals surface area contributed by atoms with Crippen LogP contribution >= 0.6 is 0 Å². The van der Waals surface area contributed by atoms with Gasteiger partial charge in [0.2, 0.25) is 0 Å². The van der Waals surface area contributed by atoms with Crippen molar-refractivity contribution >= 4 is 17.8 Å². The molecule has 1 aromatic heterocycles. The summed E-state index contributed by atoms with van der Waals surface area (Å²) in [6.45, 7) is 0. The zero-order valence-electron chi connectivity index (χ0n) is 25.6. The van der Waals surface area contributed by atoms with E-state index in [9.17, 15) is 0 Å². The lowest BCUT2D eigenvalue weighted by Crippen LogP contribution is -2.35. The first-order chi connectivity index (χ1) is 21.8. The van der Waals surface area contributed by atoms with Crippen LogP contribution in [0.25, 0.3) is 12.2 Å². The first-order valence-corrected chi connectivity index (χ1v) is 17.1. The molecule has 6 atom stereocenters. The minimum Gasteiger partial charge on any atom is -0.355 e. The molecule has 2 aromatic rings. The highest BCUT2D eigenvalue weighted by atomic mass is 15.3. The Labute approximate surface area is 262 Å². The van der Waals surface area contributed by atoms with Gasteiger partial charge in [-0.1, -0.05) is 103 Å². The maximum Gasteiger partial charge on any atom is 0.0775 e. The summed E-state index contributed by atoms with van der Waals surface area (Å²) in [4.78, 5) is 2.79. The molecule has 1 saturated heterocycles. The van der Waals surface area contributed by atoms with Crippen molar-refractivity contribution in [2.24, 2.45) is 11.8 Å². The summed E-state index contributed by atoms with van der Waals surface area (Å²) in [5.41, 5.74) is 11.8. The predicted molar refractivity (Wildman–Crippen MR) is 185 cm³/mol. The molecule has 1 aromatic carbocycles. The molecule has 1 aliphatic heterocycles. The molecule has 0 radical (unpaired) electrons. The maximum absolute atomic E-state index is 2.79. The summed E-state index contributed by atoms with van der Waals surface area (Å²) in [5, 5.41) is 0. The molecule has 0 spiro atoms. The van der Waals surface area contributed by atoms with Gasteiger partial charge in [0.15, 0.2) is 0 Å². The highest BCUT2D eigenvalue weighted by molar-refractivity contribution is 5.73. The van der Waals surface area contributed by atoms with Crippen molar-refractivity contribution in [2.75, 3.05) is 4.90 Å². The molecule has 2 nitrogen and oxygen atoms in total. The number of hydrogen-bond donors (Lipinski definition) is 0. The minimum atomic E-state index is 0.310. The standard InChI is InChI=1S/C42H42N2/c1-3-11-29(12-4-1)31-19-23-33(24-20-31)43-39-17-9-7-15-35(39)37-27-28-38-36-16-8-10-18-40(36)44(42(38)41(37)43)34-25-21-32(22-26-34)30-13-5-2-6-14-30/h1-3,5,7,9-10,13,15,17-25,27-29,34-35,37,39,41H,4,6,8,11-12,14,16,26H2. The van der Waals surface area contributed by atoms with Gasteiger partial charge in [-0.15, -0.1) is 0 Å². The molecule has 0 N–H and O–H groups in total. The van der Waals surface area contributed by atoms with Gasteiger partial charge in [0.25, 0.3) is 0 Å². The van der Waals surface area contributed by atoms with E-state index in [2.05, 4.69) is 131 Å². The second kappa shape index (κ2) is 10.8. The van der Waals surface area contributed by atoms with E-state index in [1.54, 1.807) is 5.56 Å². The third-order valence-corrected chi connectivity index (χ3v) is 11.3. The van der Waals surface area contributed by atoms with Crippen LogP contribution in [0, 0.1) is 11.8 Å². The fourth-order valence-electron chi connectivity index (χ4n) is 9.22. The van der Waals surface area contributed by atoms with E-state index in [0.29, 0.717) is 35.9 Å². The first kappa shape index (κ1) is 26.4. The van der Waals surface area contributed by atoms with Crippen molar-refractivity contribution < 1.29 is 0 Å². The summed E-state index contributed by atoms with van der Waals surface area (Å²) in [6.07, 6.45) is 47.6. The number of fused-ring (bicyclic) bond motifs is 7. The smallest absolute Gasteiger partial charge is 0.0775 e. The van der Waals surface area contributed by atoms with Gasteiger partial charge in [-0.05, 0) is 97.8 Å². The Hall–Kier alpha value is -4.04. The Bertz CT molecular complexity index is 1740. The number of anilines is 1. The monoisotopic (exact) mass is 574 g/mol. The SMILES string of the molecule is C1=CCCC(C2=CCC(n3c4c(c5c3C3C(C=C5)C5C=CC=CC5N3c3ccc(C5CC=CCC5)cc3)CCC=C4)C=C2)=C1. The van der Waals surface area contributed by atoms with Crippen LogP contribution in [-0.4, -0.2) is 10.6 Å². The summed E-state index contributed by atoms with van der Waals surface area (Å²) in [7, 11) is 0. The van der Waals surface area contributed by atoms with Crippen LogP contribution in [0.1, 0.15) is 91.0 Å². The molecule has 220 valence electrons. The van der Waals surface area contributed by atoms with Crippen LogP contribution in [0.3, 0.4) is 0 Å². The first-order valence-electron chi connectivity index (χ1n) is 17.1. The van der Waals surface area contributed by atoms with E-state index in [0.717, 1.165) is 32.1 Å². The number of hydrogen-bond acceptors (Lipinski definition) is 1. The molecular weight excluding hydrogens is 532 g/mol. The van der Waals surface area contributed by atoms with Gasteiger partial charge < -0.3 is 9.47 Å². The molecular formula is C42H42N2. The third kappa shape index (κ3) is 4.21. The zero-order valence-corrected chi connectivity index (χ0v) is 25.6. The second-order valence-corrected chi connectivity index (χ2v) is 13.7. The molecule has 2 heterocycles. The van der Waals surface area contributed by atoms with E-state index in [1.165, 1.54) is 58.6 Å². The molecule has 6 unspecified atom stereocenters. The number of benzene rings is 1. The van der Waals surface area contributed by atoms with Gasteiger partial charge in [-0.2, -0.15) is 0 Å². The minimum absolute atomic E-state index is 0.310. The van der Waals surface area contributed by atoms with Gasteiger partial charge in [0.05, 0.1) is 18.1 Å². The molecule has 1 fully saturated rings. The molecule has 44 heavy (non-hydrogen) atoms. The molecule has 0 saturated carbocycles. The number of rotatable bonds is 4. The largest absolute Gasteiger partial charge is 0.355 e. The second-order valence-electron chi connectivity index (χ2n) is 13.7. The van der Waals surface area contributed by atoms with Crippen LogP contribution in [0.4, 0.5) is 5.69 Å². The van der Waals surface area contributed by atoms with Gasteiger partial charge in [0, 0.05) is 34.5 Å². The molecule has 9 rings (SSSR count). The van der Waals surface area contributed by atoms with Gasteiger partial charge in [0.1, 0.15) is 0 Å². The van der Waals surface area contributed by atoms with Crippen molar-refractivity contribution in [2.45, 2.75) is 75.4 Å². The van der Waals surface area contributed by atoms with E-state index >= 15 is 0 Å². The van der Waals surface area contributed by atoms with Crippen LogP contribution in [0.5, 0.6) is 0 Å². The van der Waals surface area contributed by atoms with Gasteiger partial charge >= 0.3 is 0 Å². The molecule has 2 heteroatoms. The van der Waals surface area contributed by atoms with Crippen LogP contribution < -0.4 is 4.90 Å². The van der Waals surface area contributed by atoms with E-state index < -0.39 is 0 Å². The average Bonchev–Trinajstić information content (AvgIpc) is 3.62. The lowest BCUT2D eigenvalue weighted by Gasteiger charge is -2.37. The highest BCUT2D eigenvalue weighted by Crippen LogP contribution is 2.55.